The van der Waals surface area contributed by atoms with Crippen molar-refractivity contribution in [1.29, 1.82) is 0 Å². The van der Waals surface area contributed by atoms with Crippen molar-refractivity contribution >= 4 is 17.2 Å². The molecule has 24 heavy (non-hydrogen) atoms. The number of fused-ring (bicyclic) bond motifs is 1. The third-order valence-corrected chi connectivity index (χ3v) is 4.63. The number of pyridine rings is 1. The van der Waals surface area contributed by atoms with Crippen LogP contribution in [0.3, 0.4) is 0 Å². The van der Waals surface area contributed by atoms with Crippen LogP contribution in [0.1, 0.15) is 41.0 Å². The molecule has 126 valence electrons. The molecule has 0 saturated heterocycles. The first-order valence-electron chi connectivity index (χ1n) is 7.61. The fourth-order valence-electron chi connectivity index (χ4n) is 2.75. The Balaban J connectivity index is 1.55. The van der Waals surface area contributed by atoms with Crippen LogP contribution in [0.2, 0.25) is 0 Å². The van der Waals surface area contributed by atoms with E-state index in [0.29, 0.717) is 12.5 Å². The first-order valence-corrected chi connectivity index (χ1v) is 8.04. The van der Waals surface area contributed by atoms with Crippen LogP contribution in [0.4, 0.5) is 13.2 Å². The fourth-order valence-corrected chi connectivity index (χ4v) is 2.86. The minimum atomic E-state index is -4.49. The van der Waals surface area contributed by atoms with Gasteiger partial charge in [0.05, 0.1) is 18.4 Å². The van der Waals surface area contributed by atoms with Gasteiger partial charge in [-0.2, -0.15) is 18.3 Å². The maximum atomic E-state index is 12.6. The zero-order chi connectivity index (χ0) is 16.9. The van der Waals surface area contributed by atoms with Gasteiger partial charge < -0.3 is 4.40 Å². The molecule has 0 bridgehead atoms. The smallest absolute Gasteiger partial charge is 0.306 e. The zero-order valence-electron chi connectivity index (χ0n) is 12.5. The molecule has 3 aromatic heterocycles. The molecule has 8 heteroatoms. The third-order valence-electron chi connectivity index (χ3n) is 4.13. The largest absolute Gasteiger partial charge is 0.409 e. The summed E-state index contributed by atoms with van der Waals surface area (Å²) in [5, 5.41) is 1.91. The van der Waals surface area contributed by atoms with Crippen molar-refractivity contribution in [2.75, 3.05) is 0 Å². The van der Waals surface area contributed by atoms with Gasteiger partial charge in [0.15, 0.2) is 5.38 Å². The minimum absolute atomic E-state index is 0.0658. The van der Waals surface area contributed by atoms with E-state index in [9.17, 15) is 13.2 Å². The van der Waals surface area contributed by atoms with Gasteiger partial charge in [-0.1, -0.05) is 6.07 Å². The molecule has 0 aliphatic heterocycles. The van der Waals surface area contributed by atoms with Crippen LogP contribution in [0.25, 0.3) is 5.65 Å². The van der Waals surface area contributed by atoms with Gasteiger partial charge in [-0.25, -0.2) is 4.98 Å². The molecule has 0 amide bonds. The highest BCUT2D eigenvalue weighted by Crippen LogP contribution is 2.40. The maximum absolute atomic E-state index is 12.6. The Labute approximate surface area is 140 Å². The van der Waals surface area contributed by atoms with E-state index in [1.807, 2.05) is 16.7 Å². The summed E-state index contributed by atoms with van der Waals surface area (Å²) in [6.07, 6.45) is 4.36. The standard InChI is InChI=1S/C16H14ClF3N4/c17-15(16(18,19)20)12-5-21-24(7-12)9-13-8-23-6-11(10-1-2-10)3-4-14(23)22-13/h3-8,10,15H,1-2,9H2. The van der Waals surface area contributed by atoms with Crippen LogP contribution in [0.5, 0.6) is 0 Å². The molecular weight excluding hydrogens is 341 g/mol. The molecule has 4 nitrogen and oxygen atoms in total. The highest BCUT2D eigenvalue weighted by Gasteiger charge is 2.40. The van der Waals surface area contributed by atoms with Gasteiger partial charge in [0.25, 0.3) is 0 Å². The highest BCUT2D eigenvalue weighted by molar-refractivity contribution is 6.21. The summed E-state index contributed by atoms with van der Waals surface area (Å²) < 4.78 is 41.3. The van der Waals surface area contributed by atoms with E-state index in [1.54, 1.807) is 0 Å². The van der Waals surface area contributed by atoms with E-state index in [2.05, 4.69) is 22.3 Å². The van der Waals surface area contributed by atoms with Crippen molar-refractivity contribution < 1.29 is 13.2 Å². The topological polar surface area (TPSA) is 35.1 Å². The SMILES string of the molecule is FC(F)(F)C(Cl)c1cnn(Cc2cn3cc(C4CC4)ccc3n2)c1. The molecule has 3 aromatic rings. The molecule has 1 aliphatic rings. The van der Waals surface area contributed by atoms with Gasteiger partial charge in [-0.3, -0.25) is 4.68 Å². The van der Waals surface area contributed by atoms with Gasteiger partial charge >= 0.3 is 6.18 Å². The van der Waals surface area contributed by atoms with Crippen molar-refractivity contribution in [3.8, 4) is 0 Å². The predicted molar refractivity (Wildman–Crippen MR) is 83.1 cm³/mol. The first-order chi connectivity index (χ1) is 11.4. The Morgan fingerprint density at radius 2 is 2.00 bits per heavy atom. The number of alkyl halides is 4. The van der Waals surface area contributed by atoms with Crippen LogP contribution < -0.4 is 0 Å². The Morgan fingerprint density at radius 3 is 2.71 bits per heavy atom. The third kappa shape index (κ3) is 3.00. The van der Waals surface area contributed by atoms with Crippen molar-refractivity contribution in [3.63, 3.8) is 0 Å². The van der Waals surface area contributed by atoms with Gasteiger partial charge in [0.2, 0.25) is 0 Å². The highest BCUT2D eigenvalue weighted by atomic mass is 35.5. The number of nitrogens with zero attached hydrogens (tertiary/aromatic N) is 4. The molecule has 1 atom stereocenters. The molecule has 0 N–H and O–H groups in total. The van der Waals surface area contributed by atoms with Crippen molar-refractivity contribution in [1.82, 2.24) is 19.2 Å². The molecule has 0 aromatic carbocycles. The lowest BCUT2D eigenvalue weighted by atomic mass is 10.2. The zero-order valence-corrected chi connectivity index (χ0v) is 13.3. The van der Waals surface area contributed by atoms with E-state index in [0.717, 1.165) is 17.5 Å². The van der Waals surface area contributed by atoms with Gasteiger partial charge in [0.1, 0.15) is 5.65 Å². The number of aromatic nitrogens is 4. The maximum Gasteiger partial charge on any atom is 0.409 e. The predicted octanol–water partition coefficient (Wildman–Crippen LogP) is 4.30. The second-order valence-electron chi connectivity index (χ2n) is 6.11. The fraction of sp³-hybridized carbons (Fsp3) is 0.375. The molecule has 1 saturated carbocycles. The van der Waals surface area contributed by atoms with E-state index >= 15 is 0 Å². The molecule has 4 rings (SSSR count). The molecule has 1 unspecified atom stereocenters. The monoisotopic (exact) mass is 354 g/mol. The summed E-state index contributed by atoms with van der Waals surface area (Å²) in [6, 6.07) is 4.04. The number of hydrogen-bond donors (Lipinski definition) is 0. The van der Waals surface area contributed by atoms with Gasteiger partial charge in [-0.05, 0) is 30.4 Å². The summed E-state index contributed by atoms with van der Waals surface area (Å²) in [7, 11) is 0. The first kappa shape index (κ1) is 15.5. The van der Waals surface area contributed by atoms with E-state index < -0.39 is 11.6 Å². The van der Waals surface area contributed by atoms with Crippen LogP contribution in [-0.4, -0.2) is 25.3 Å². The second kappa shape index (κ2) is 5.51. The number of halogens is 4. The lowest BCUT2D eigenvalue weighted by Crippen LogP contribution is -2.15. The van der Waals surface area contributed by atoms with Crippen LogP contribution in [-0.2, 0) is 6.54 Å². The van der Waals surface area contributed by atoms with Crippen LogP contribution in [0.15, 0.2) is 36.9 Å². The summed E-state index contributed by atoms with van der Waals surface area (Å²) in [6.45, 7) is 0.294. The molecule has 0 spiro atoms. The average molecular weight is 355 g/mol. The number of imidazole rings is 1. The molecule has 0 radical (unpaired) electrons. The van der Waals surface area contributed by atoms with Crippen molar-refractivity contribution in [2.24, 2.45) is 0 Å². The second-order valence-corrected chi connectivity index (χ2v) is 6.55. The minimum Gasteiger partial charge on any atom is -0.306 e. The molecule has 1 fully saturated rings. The molecular formula is C16H14ClF3N4. The van der Waals surface area contributed by atoms with Gasteiger partial charge in [0, 0.05) is 24.2 Å². The lowest BCUT2D eigenvalue weighted by molar-refractivity contribution is -0.131. The number of hydrogen-bond acceptors (Lipinski definition) is 2. The normalized spacial score (nSPS) is 16.7. The van der Waals surface area contributed by atoms with E-state index in [-0.39, 0.29) is 5.56 Å². The summed E-state index contributed by atoms with van der Waals surface area (Å²) in [4.78, 5) is 4.48. The summed E-state index contributed by atoms with van der Waals surface area (Å²) in [5.41, 5.74) is 2.77. The lowest BCUT2D eigenvalue weighted by Gasteiger charge is -2.10. The Kier molecular flexibility index (Phi) is 3.56. The van der Waals surface area contributed by atoms with Crippen molar-refractivity contribution in [2.45, 2.75) is 36.9 Å². The Hall–Kier alpha value is -2.02. The summed E-state index contributed by atoms with van der Waals surface area (Å²) in [5.74, 6) is 0.650. The van der Waals surface area contributed by atoms with Crippen LogP contribution >= 0.6 is 11.6 Å². The number of rotatable bonds is 4. The average Bonchev–Trinajstić information content (AvgIpc) is 3.14. The Morgan fingerprint density at radius 1 is 1.21 bits per heavy atom. The molecule has 1 aliphatic carbocycles. The quantitative estimate of drug-likeness (QED) is 0.655. The van der Waals surface area contributed by atoms with Crippen LogP contribution in [0, 0.1) is 0 Å². The van der Waals surface area contributed by atoms with Gasteiger partial charge in [-0.15, -0.1) is 11.6 Å². The van der Waals surface area contributed by atoms with Crippen molar-refractivity contribution in [3.05, 3.63) is 53.7 Å². The molecule has 3 heterocycles. The Bertz CT molecular complexity index is 879. The van der Waals surface area contributed by atoms with E-state index in [1.165, 1.54) is 29.3 Å². The summed E-state index contributed by atoms with van der Waals surface area (Å²) >= 11 is 5.42. The van der Waals surface area contributed by atoms with E-state index in [4.69, 9.17) is 11.6 Å².